The van der Waals surface area contributed by atoms with Crippen LogP contribution >= 0.6 is 11.6 Å². The minimum absolute atomic E-state index is 0.0272. The lowest BCUT2D eigenvalue weighted by Crippen LogP contribution is -2.49. The van der Waals surface area contributed by atoms with Gasteiger partial charge in [-0.1, -0.05) is 54.1 Å². The van der Waals surface area contributed by atoms with Crippen LogP contribution in [0.1, 0.15) is 5.56 Å². The van der Waals surface area contributed by atoms with Crippen LogP contribution in [0.4, 0.5) is 0 Å². The van der Waals surface area contributed by atoms with E-state index in [-0.39, 0.29) is 12.5 Å². The van der Waals surface area contributed by atoms with Crippen LogP contribution in [-0.4, -0.2) is 55.0 Å². The molecule has 1 fully saturated rings. The highest BCUT2D eigenvalue weighted by molar-refractivity contribution is 6.30. The van der Waals surface area contributed by atoms with Crippen molar-refractivity contribution in [3.8, 4) is 5.75 Å². The number of rotatable bonds is 6. The topological polar surface area (TPSA) is 32.8 Å². The van der Waals surface area contributed by atoms with Gasteiger partial charge in [0.15, 0.2) is 6.61 Å². The van der Waals surface area contributed by atoms with Crippen molar-refractivity contribution in [3.05, 3.63) is 71.3 Å². The minimum Gasteiger partial charge on any atom is -0.484 e. The van der Waals surface area contributed by atoms with Gasteiger partial charge in [0.1, 0.15) is 5.75 Å². The second kappa shape index (κ2) is 9.41. The van der Waals surface area contributed by atoms with Crippen LogP contribution in [0.5, 0.6) is 5.75 Å². The van der Waals surface area contributed by atoms with E-state index in [0.29, 0.717) is 10.8 Å². The normalized spacial score (nSPS) is 15.3. The SMILES string of the molecule is O=C(COc1ccc(Cl)cc1)N1CCN(C/C=C/c2ccccc2)CC1. The third-order valence-electron chi connectivity index (χ3n) is 4.37. The molecule has 2 aromatic rings. The molecule has 1 amide bonds. The zero-order valence-corrected chi connectivity index (χ0v) is 15.4. The average Bonchev–Trinajstić information content (AvgIpc) is 2.69. The summed E-state index contributed by atoms with van der Waals surface area (Å²) in [6.45, 7) is 4.20. The summed E-state index contributed by atoms with van der Waals surface area (Å²) in [5.41, 5.74) is 1.21. The first-order chi connectivity index (χ1) is 12.7. The van der Waals surface area contributed by atoms with Crippen molar-refractivity contribution in [2.45, 2.75) is 0 Å². The second-order valence-electron chi connectivity index (χ2n) is 6.24. The molecular formula is C21H23ClN2O2. The lowest BCUT2D eigenvalue weighted by Gasteiger charge is -2.34. The molecule has 3 rings (SSSR count). The molecule has 0 aromatic heterocycles. The molecule has 1 aliphatic heterocycles. The van der Waals surface area contributed by atoms with Gasteiger partial charge in [-0.2, -0.15) is 0 Å². The molecule has 136 valence electrons. The van der Waals surface area contributed by atoms with Crippen LogP contribution in [0.25, 0.3) is 6.08 Å². The largest absolute Gasteiger partial charge is 0.484 e. The Morgan fingerprint density at radius 2 is 1.69 bits per heavy atom. The van der Waals surface area contributed by atoms with E-state index in [1.165, 1.54) is 5.56 Å². The molecule has 0 atom stereocenters. The van der Waals surface area contributed by atoms with Gasteiger partial charge in [-0.25, -0.2) is 0 Å². The lowest BCUT2D eigenvalue weighted by molar-refractivity contribution is -0.135. The van der Waals surface area contributed by atoms with Gasteiger partial charge in [0.25, 0.3) is 5.91 Å². The Morgan fingerprint density at radius 3 is 2.38 bits per heavy atom. The Hall–Kier alpha value is -2.30. The van der Waals surface area contributed by atoms with Crippen molar-refractivity contribution >= 4 is 23.6 Å². The maximum absolute atomic E-state index is 12.3. The van der Waals surface area contributed by atoms with Gasteiger partial charge in [-0.3, -0.25) is 9.69 Å². The fraction of sp³-hybridized carbons (Fsp3) is 0.286. The monoisotopic (exact) mass is 370 g/mol. The lowest BCUT2D eigenvalue weighted by atomic mass is 10.2. The maximum atomic E-state index is 12.3. The number of carbonyl (C=O) groups excluding carboxylic acids is 1. The van der Waals surface area contributed by atoms with E-state index in [4.69, 9.17) is 16.3 Å². The predicted octanol–water partition coefficient (Wildman–Crippen LogP) is 3.58. The highest BCUT2D eigenvalue weighted by atomic mass is 35.5. The van der Waals surface area contributed by atoms with Gasteiger partial charge >= 0.3 is 0 Å². The minimum atomic E-state index is 0.0272. The Labute approximate surface area is 159 Å². The number of benzene rings is 2. The molecule has 0 saturated carbocycles. The molecule has 1 aliphatic rings. The summed E-state index contributed by atoms with van der Waals surface area (Å²) < 4.78 is 5.54. The summed E-state index contributed by atoms with van der Waals surface area (Å²) in [6, 6.07) is 17.3. The first kappa shape index (κ1) is 18.5. The Morgan fingerprint density at radius 1 is 1.00 bits per heavy atom. The van der Waals surface area contributed by atoms with Crippen molar-refractivity contribution in [2.75, 3.05) is 39.3 Å². The van der Waals surface area contributed by atoms with Crippen molar-refractivity contribution in [1.82, 2.24) is 9.80 Å². The number of hydrogen-bond acceptors (Lipinski definition) is 3. The number of piperazine rings is 1. The van der Waals surface area contributed by atoms with E-state index in [0.717, 1.165) is 32.7 Å². The number of amides is 1. The van der Waals surface area contributed by atoms with E-state index in [1.54, 1.807) is 24.3 Å². The summed E-state index contributed by atoms with van der Waals surface area (Å²) in [7, 11) is 0. The first-order valence-corrected chi connectivity index (χ1v) is 9.18. The number of nitrogens with zero attached hydrogens (tertiary/aromatic N) is 2. The maximum Gasteiger partial charge on any atom is 0.260 e. The number of ether oxygens (including phenoxy) is 1. The number of halogens is 1. The van der Waals surface area contributed by atoms with E-state index < -0.39 is 0 Å². The fourth-order valence-electron chi connectivity index (χ4n) is 2.85. The summed E-state index contributed by atoms with van der Waals surface area (Å²) in [4.78, 5) is 16.5. The number of carbonyl (C=O) groups is 1. The molecule has 0 N–H and O–H groups in total. The van der Waals surface area contributed by atoms with Gasteiger partial charge in [0.2, 0.25) is 0 Å². The van der Waals surface area contributed by atoms with E-state index >= 15 is 0 Å². The van der Waals surface area contributed by atoms with E-state index in [1.807, 2.05) is 23.1 Å². The molecule has 0 aliphatic carbocycles. The van der Waals surface area contributed by atoms with Gasteiger partial charge in [-0.05, 0) is 29.8 Å². The molecule has 0 bridgehead atoms. The quantitative estimate of drug-likeness (QED) is 0.779. The van der Waals surface area contributed by atoms with Crippen LogP contribution in [-0.2, 0) is 4.79 Å². The zero-order chi connectivity index (χ0) is 18.2. The van der Waals surface area contributed by atoms with Crippen LogP contribution < -0.4 is 4.74 Å². The Balaban J connectivity index is 1.38. The van der Waals surface area contributed by atoms with Crippen molar-refractivity contribution in [1.29, 1.82) is 0 Å². The molecule has 1 heterocycles. The summed E-state index contributed by atoms with van der Waals surface area (Å²) >= 11 is 5.84. The summed E-state index contributed by atoms with van der Waals surface area (Å²) in [5.74, 6) is 0.687. The van der Waals surface area contributed by atoms with E-state index in [9.17, 15) is 4.79 Å². The van der Waals surface area contributed by atoms with Crippen LogP contribution in [0.3, 0.4) is 0 Å². The van der Waals surface area contributed by atoms with Crippen molar-refractivity contribution < 1.29 is 9.53 Å². The zero-order valence-electron chi connectivity index (χ0n) is 14.7. The van der Waals surface area contributed by atoms with Gasteiger partial charge in [-0.15, -0.1) is 0 Å². The van der Waals surface area contributed by atoms with Crippen LogP contribution in [0.2, 0.25) is 5.02 Å². The molecule has 2 aromatic carbocycles. The van der Waals surface area contributed by atoms with E-state index in [2.05, 4.69) is 29.2 Å². The Kier molecular flexibility index (Phi) is 6.69. The number of hydrogen-bond donors (Lipinski definition) is 0. The molecule has 4 nitrogen and oxygen atoms in total. The fourth-order valence-corrected chi connectivity index (χ4v) is 2.98. The molecular weight excluding hydrogens is 348 g/mol. The van der Waals surface area contributed by atoms with Crippen molar-refractivity contribution in [3.63, 3.8) is 0 Å². The molecule has 0 unspecified atom stereocenters. The van der Waals surface area contributed by atoms with Crippen LogP contribution in [0.15, 0.2) is 60.7 Å². The summed E-state index contributed by atoms with van der Waals surface area (Å²) in [5, 5.41) is 0.654. The van der Waals surface area contributed by atoms with Gasteiger partial charge in [0, 0.05) is 37.7 Å². The average molecular weight is 371 g/mol. The summed E-state index contributed by atoms with van der Waals surface area (Å²) in [6.07, 6.45) is 4.31. The second-order valence-corrected chi connectivity index (χ2v) is 6.67. The van der Waals surface area contributed by atoms with Crippen LogP contribution in [0, 0.1) is 0 Å². The smallest absolute Gasteiger partial charge is 0.260 e. The highest BCUT2D eigenvalue weighted by Crippen LogP contribution is 2.15. The molecule has 0 spiro atoms. The van der Waals surface area contributed by atoms with Gasteiger partial charge < -0.3 is 9.64 Å². The van der Waals surface area contributed by atoms with Gasteiger partial charge in [0.05, 0.1) is 0 Å². The highest BCUT2D eigenvalue weighted by Gasteiger charge is 2.20. The molecule has 0 radical (unpaired) electrons. The molecule has 26 heavy (non-hydrogen) atoms. The predicted molar refractivity (Wildman–Crippen MR) is 105 cm³/mol. The third-order valence-corrected chi connectivity index (χ3v) is 4.63. The van der Waals surface area contributed by atoms with Crippen molar-refractivity contribution in [2.24, 2.45) is 0 Å². The standard InChI is InChI=1S/C21H23ClN2O2/c22-19-8-10-20(11-9-19)26-17-21(25)24-15-13-23(14-16-24)12-4-7-18-5-2-1-3-6-18/h1-11H,12-17H2/b7-4+. The Bertz CT molecular complexity index is 723. The molecule has 5 heteroatoms. The third kappa shape index (κ3) is 5.61. The first-order valence-electron chi connectivity index (χ1n) is 8.81. The molecule has 1 saturated heterocycles.